The number of ether oxygens (including phenoxy) is 1. The van der Waals surface area contributed by atoms with Gasteiger partial charge >= 0.3 is 0 Å². The molecule has 2 N–H and O–H groups in total. The van der Waals surface area contributed by atoms with Crippen molar-refractivity contribution < 1.29 is 9.53 Å². The number of carbonyl (C=O) groups excluding carboxylic acids is 1. The standard InChI is InChI=1S/C11H20N2O2Si/c1-16(2,3)5-4-15-8-9-6-10(11(12)14)13-7-9/h6-7,9H,4-5,8H2,1-3H3,(H2,12,14). The first-order valence-electron chi connectivity index (χ1n) is 5.52. The topological polar surface area (TPSA) is 64.7 Å². The molecule has 0 aromatic carbocycles. The van der Waals surface area contributed by atoms with Crippen molar-refractivity contribution in [2.45, 2.75) is 25.7 Å². The molecule has 0 aromatic heterocycles. The number of rotatable bonds is 6. The number of aliphatic imine (C=N–C) groups is 1. The van der Waals surface area contributed by atoms with Crippen molar-refractivity contribution in [3.05, 3.63) is 11.8 Å². The normalized spacial score (nSPS) is 19.9. The van der Waals surface area contributed by atoms with Gasteiger partial charge in [-0.25, -0.2) is 0 Å². The lowest BCUT2D eigenvalue weighted by atomic mass is 10.2. The van der Waals surface area contributed by atoms with Gasteiger partial charge in [-0.1, -0.05) is 19.6 Å². The smallest absolute Gasteiger partial charge is 0.266 e. The van der Waals surface area contributed by atoms with Gasteiger partial charge in [-0.2, -0.15) is 0 Å². The second-order valence-corrected chi connectivity index (χ2v) is 10.9. The molecule has 1 aliphatic heterocycles. The van der Waals surface area contributed by atoms with E-state index in [1.165, 1.54) is 0 Å². The Labute approximate surface area is 97.6 Å². The van der Waals surface area contributed by atoms with Crippen LogP contribution in [0.5, 0.6) is 0 Å². The zero-order chi connectivity index (χ0) is 12.2. The molecule has 0 bridgehead atoms. The fraction of sp³-hybridized carbons (Fsp3) is 0.636. The van der Waals surface area contributed by atoms with Gasteiger partial charge < -0.3 is 10.5 Å². The van der Waals surface area contributed by atoms with E-state index in [0.717, 1.165) is 12.7 Å². The molecule has 0 fully saturated rings. The summed E-state index contributed by atoms with van der Waals surface area (Å²) in [5.41, 5.74) is 5.46. The Morgan fingerprint density at radius 3 is 2.75 bits per heavy atom. The van der Waals surface area contributed by atoms with Gasteiger partial charge in [0.1, 0.15) is 5.70 Å². The zero-order valence-electron chi connectivity index (χ0n) is 10.2. The first-order valence-corrected chi connectivity index (χ1v) is 9.23. The third-order valence-corrected chi connectivity index (χ3v) is 4.04. The van der Waals surface area contributed by atoms with E-state index in [-0.39, 0.29) is 5.92 Å². The molecule has 1 amide bonds. The molecule has 0 radical (unpaired) electrons. The van der Waals surface area contributed by atoms with Gasteiger partial charge in [0.15, 0.2) is 0 Å². The highest BCUT2D eigenvalue weighted by atomic mass is 28.3. The second kappa shape index (κ2) is 5.40. The van der Waals surface area contributed by atoms with Crippen molar-refractivity contribution in [1.82, 2.24) is 0 Å². The summed E-state index contributed by atoms with van der Waals surface area (Å²) in [5.74, 6) is -0.370. The van der Waals surface area contributed by atoms with Gasteiger partial charge in [0.25, 0.3) is 5.91 Å². The van der Waals surface area contributed by atoms with E-state index in [2.05, 4.69) is 24.6 Å². The summed E-state index contributed by atoms with van der Waals surface area (Å²) in [6.45, 7) is 8.33. The first-order chi connectivity index (χ1) is 7.38. The molecule has 4 nitrogen and oxygen atoms in total. The van der Waals surface area contributed by atoms with Crippen LogP contribution in [0, 0.1) is 5.92 Å². The second-order valence-electron chi connectivity index (χ2n) is 5.24. The summed E-state index contributed by atoms with van der Waals surface area (Å²) < 4.78 is 5.57. The van der Waals surface area contributed by atoms with Crippen molar-refractivity contribution in [2.75, 3.05) is 13.2 Å². The van der Waals surface area contributed by atoms with Gasteiger partial charge in [-0.15, -0.1) is 0 Å². The van der Waals surface area contributed by atoms with Crippen LogP contribution in [0.25, 0.3) is 0 Å². The lowest BCUT2D eigenvalue weighted by Crippen LogP contribution is -2.22. The molecule has 1 unspecified atom stereocenters. The molecular weight excluding hydrogens is 220 g/mol. The predicted octanol–water partition coefficient (Wildman–Crippen LogP) is 1.41. The Hall–Kier alpha value is -0.943. The minimum atomic E-state index is -1.01. The Balaban J connectivity index is 2.22. The number of nitrogens with zero attached hydrogens (tertiary/aromatic N) is 1. The molecule has 0 saturated heterocycles. The molecule has 1 rings (SSSR count). The number of hydrogen-bond acceptors (Lipinski definition) is 3. The largest absolute Gasteiger partial charge is 0.381 e. The number of primary amides is 1. The van der Waals surface area contributed by atoms with Crippen LogP contribution in [0.1, 0.15) is 0 Å². The van der Waals surface area contributed by atoms with Crippen LogP contribution in [-0.2, 0) is 9.53 Å². The molecule has 1 aliphatic rings. The maximum Gasteiger partial charge on any atom is 0.266 e. The number of amides is 1. The van der Waals surface area contributed by atoms with Crippen molar-refractivity contribution in [3.63, 3.8) is 0 Å². The molecular formula is C11H20N2O2Si. The average molecular weight is 240 g/mol. The molecule has 0 aromatic rings. The summed E-state index contributed by atoms with van der Waals surface area (Å²) in [5, 5.41) is 0. The van der Waals surface area contributed by atoms with Gasteiger partial charge in [0.05, 0.1) is 6.61 Å². The monoisotopic (exact) mass is 240 g/mol. The minimum Gasteiger partial charge on any atom is -0.381 e. The van der Waals surface area contributed by atoms with E-state index in [9.17, 15) is 4.79 Å². The average Bonchev–Trinajstić information content (AvgIpc) is 2.59. The van der Waals surface area contributed by atoms with Crippen molar-refractivity contribution in [3.8, 4) is 0 Å². The molecule has 1 atom stereocenters. The molecule has 0 spiro atoms. The molecule has 90 valence electrons. The zero-order valence-corrected chi connectivity index (χ0v) is 11.2. The lowest BCUT2D eigenvalue weighted by molar-refractivity contribution is -0.114. The highest BCUT2D eigenvalue weighted by Crippen LogP contribution is 2.13. The molecule has 0 aliphatic carbocycles. The minimum absolute atomic E-state index is 0.101. The van der Waals surface area contributed by atoms with Gasteiger partial charge in [0, 0.05) is 26.8 Å². The third kappa shape index (κ3) is 4.72. The Morgan fingerprint density at radius 2 is 2.25 bits per heavy atom. The fourth-order valence-electron chi connectivity index (χ4n) is 1.30. The summed E-state index contributed by atoms with van der Waals surface area (Å²) in [7, 11) is -1.01. The predicted molar refractivity (Wildman–Crippen MR) is 68.2 cm³/mol. The number of nitrogens with two attached hydrogens (primary N) is 1. The number of hydrogen-bond donors (Lipinski definition) is 1. The van der Waals surface area contributed by atoms with Crippen LogP contribution in [0.2, 0.25) is 25.7 Å². The lowest BCUT2D eigenvalue weighted by Gasteiger charge is -2.15. The highest BCUT2D eigenvalue weighted by molar-refractivity contribution is 6.76. The van der Waals surface area contributed by atoms with E-state index in [1.807, 2.05) is 0 Å². The van der Waals surface area contributed by atoms with Crippen LogP contribution in [0.15, 0.2) is 16.8 Å². The Morgan fingerprint density at radius 1 is 1.56 bits per heavy atom. The van der Waals surface area contributed by atoms with Crippen LogP contribution in [0.4, 0.5) is 0 Å². The van der Waals surface area contributed by atoms with Crippen LogP contribution in [-0.4, -0.2) is 33.4 Å². The van der Waals surface area contributed by atoms with Crippen LogP contribution >= 0.6 is 0 Å². The van der Waals surface area contributed by atoms with Gasteiger partial charge in [0.2, 0.25) is 0 Å². The van der Waals surface area contributed by atoms with E-state index in [0.29, 0.717) is 12.3 Å². The van der Waals surface area contributed by atoms with E-state index < -0.39 is 14.0 Å². The molecule has 16 heavy (non-hydrogen) atoms. The number of carbonyl (C=O) groups is 1. The summed E-state index contributed by atoms with van der Waals surface area (Å²) in [4.78, 5) is 14.7. The van der Waals surface area contributed by atoms with Crippen molar-refractivity contribution in [1.29, 1.82) is 0 Å². The van der Waals surface area contributed by atoms with E-state index in [4.69, 9.17) is 10.5 Å². The Kier molecular flexibility index (Phi) is 4.43. The van der Waals surface area contributed by atoms with Gasteiger partial charge in [-0.3, -0.25) is 9.79 Å². The quantitative estimate of drug-likeness (QED) is 0.563. The summed E-state index contributed by atoms with van der Waals surface area (Å²) >= 11 is 0. The van der Waals surface area contributed by atoms with Crippen LogP contribution in [0.3, 0.4) is 0 Å². The van der Waals surface area contributed by atoms with Crippen molar-refractivity contribution >= 4 is 20.2 Å². The summed E-state index contributed by atoms with van der Waals surface area (Å²) in [6.07, 6.45) is 3.48. The first kappa shape index (κ1) is 13.1. The fourth-order valence-corrected chi connectivity index (χ4v) is 2.06. The van der Waals surface area contributed by atoms with E-state index in [1.54, 1.807) is 12.3 Å². The SMILES string of the molecule is C[Si](C)(C)CCOCC1C=NC(C(N)=O)=C1. The molecule has 5 heteroatoms. The van der Waals surface area contributed by atoms with Crippen LogP contribution < -0.4 is 5.73 Å². The molecule has 0 saturated carbocycles. The van der Waals surface area contributed by atoms with Gasteiger partial charge in [-0.05, 0) is 12.1 Å². The molecule has 1 heterocycles. The highest BCUT2D eigenvalue weighted by Gasteiger charge is 2.16. The maximum atomic E-state index is 10.8. The third-order valence-electron chi connectivity index (χ3n) is 2.34. The summed E-state index contributed by atoms with van der Waals surface area (Å²) in [6, 6.07) is 1.16. The van der Waals surface area contributed by atoms with E-state index >= 15 is 0 Å². The Bertz CT molecular complexity index is 318. The maximum absolute atomic E-state index is 10.8. The van der Waals surface area contributed by atoms with Crippen molar-refractivity contribution in [2.24, 2.45) is 16.6 Å².